The van der Waals surface area contributed by atoms with Crippen LogP contribution in [-0.4, -0.2) is 185 Å². The molecule has 0 aliphatic carbocycles. The topological polar surface area (TPSA) is 523 Å². The monoisotopic (exact) mass is 1080 g/mol. The van der Waals surface area contributed by atoms with E-state index in [4.69, 9.17) is 63.1 Å². The quantitative estimate of drug-likeness (QED) is 0.0234. The number of hydrogen-bond acceptors (Lipinski definition) is 18. The number of alkyl halides is 2. The maximum atomic E-state index is 15.8. The highest BCUT2D eigenvalue weighted by molar-refractivity contribution is 6.03. The first-order valence-corrected chi connectivity index (χ1v) is 25.9. The highest BCUT2D eigenvalue weighted by Crippen LogP contribution is 2.14. The van der Waals surface area contributed by atoms with Crippen molar-refractivity contribution in [1.82, 2.24) is 31.9 Å². The molecule has 1 aliphatic rings. The van der Waals surface area contributed by atoms with E-state index in [1.165, 1.54) is 0 Å². The number of halogens is 2. The number of rotatable bonds is 20. The van der Waals surface area contributed by atoms with Crippen LogP contribution in [0, 0.1) is 0 Å². The van der Waals surface area contributed by atoms with Crippen LogP contribution in [0.25, 0.3) is 0 Å². The molecule has 8 atom stereocenters. The maximum Gasteiger partial charge on any atom is 0.185 e. The molecule has 76 heavy (non-hydrogen) atoms. The molecule has 0 radical (unpaired) electrons. The van der Waals surface area contributed by atoms with Gasteiger partial charge in [0.2, 0.25) is 0 Å². The van der Waals surface area contributed by atoms with Gasteiger partial charge in [0, 0.05) is 64.8 Å². The van der Waals surface area contributed by atoms with E-state index >= 15 is 8.78 Å². The van der Waals surface area contributed by atoms with E-state index < -0.39 is 91.0 Å². The Balaban J connectivity index is 3.54. The van der Waals surface area contributed by atoms with Gasteiger partial charge >= 0.3 is 0 Å². The van der Waals surface area contributed by atoms with E-state index in [-0.39, 0.29) is 165 Å². The first-order chi connectivity index (χ1) is 36.1. The minimum atomic E-state index is -1.73. The second kappa shape index (κ2) is 40.2. The van der Waals surface area contributed by atoms with Gasteiger partial charge in [-0.1, -0.05) is 0 Å². The average Bonchev–Trinajstić information content (AvgIpc) is 3.33. The molecule has 0 amide bonds. The van der Waals surface area contributed by atoms with Gasteiger partial charge < -0.3 is 84.3 Å². The number of hydrogen-bond donors (Lipinski definition) is 17. The fourth-order valence-corrected chi connectivity index (χ4v) is 8.09. The molecule has 0 saturated carbocycles. The second-order valence-electron chi connectivity index (χ2n) is 18.7. The van der Waals surface area contributed by atoms with E-state index in [0.717, 1.165) is 0 Å². The summed E-state index contributed by atoms with van der Waals surface area (Å²) >= 11 is 0. The molecule has 0 aromatic carbocycles. The molecule has 1 fully saturated rings. The molecule has 1 aliphatic heterocycles. The fraction of sp³-hybridized carbons (Fsp3) is 0.761. The van der Waals surface area contributed by atoms with Gasteiger partial charge in [-0.3, -0.25) is 64.4 Å². The molecule has 434 valence electrons. The first kappa shape index (κ1) is 68.0. The van der Waals surface area contributed by atoms with Crippen LogP contribution in [0.4, 0.5) is 8.78 Å². The van der Waals surface area contributed by atoms with E-state index in [1.54, 1.807) is 0 Å². The summed E-state index contributed by atoms with van der Waals surface area (Å²) < 4.78 is 31.0. The molecule has 0 bridgehead atoms. The normalized spacial score (nSPS) is 24.5. The number of ketones is 6. The number of carbonyl (C=O) groups is 6. The lowest BCUT2D eigenvalue weighted by Crippen LogP contribution is -2.51. The Hall–Kier alpha value is -6.05. The lowest BCUT2D eigenvalue weighted by molar-refractivity contribution is -0.130. The first-order valence-electron chi connectivity index (χ1n) is 25.9. The number of guanidine groups is 5. The summed E-state index contributed by atoms with van der Waals surface area (Å²) in [4.78, 5) is 101. The van der Waals surface area contributed by atoms with E-state index in [0.29, 0.717) is 32.1 Å². The van der Waals surface area contributed by atoms with Gasteiger partial charge in [0.1, 0.15) is 18.1 Å². The molecule has 28 N–H and O–H groups in total. The van der Waals surface area contributed by atoms with Crippen molar-refractivity contribution in [2.24, 2.45) is 88.0 Å². The predicted octanol–water partition coefficient (Wildman–Crippen LogP) is -5.64. The van der Waals surface area contributed by atoms with Crippen LogP contribution in [0.3, 0.4) is 0 Å². The Morgan fingerprint density at radius 3 is 1.29 bits per heavy atom. The fourth-order valence-electron chi connectivity index (χ4n) is 8.09. The Kier molecular flexibility index (Phi) is 36.0. The minimum Gasteiger partial charge on any atom is -0.370 e. The molecule has 0 spiro atoms. The van der Waals surface area contributed by atoms with E-state index in [9.17, 15) is 28.8 Å². The summed E-state index contributed by atoms with van der Waals surface area (Å²) in [7, 11) is 0. The zero-order valence-electron chi connectivity index (χ0n) is 44.0. The summed E-state index contributed by atoms with van der Waals surface area (Å²) in [6, 6.07) is -5.30. The molecule has 1 saturated heterocycles. The zero-order chi connectivity index (χ0) is 56.8. The number of nitrogens with zero attached hydrogens (tertiary/aromatic N) is 5. The number of nitrogens with two attached hydrogens (primary N) is 11. The summed E-state index contributed by atoms with van der Waals surface area (Å²) in [6.07, 6.45) is -1.99. The Labute approximate surface area is 444 Å². The molecule has 0 aromatic rings. The van der Waals surface area contributed by atoms with Gasteiger partial charge in [0.05, 0.1) is 56.3 Å². The Bertz CT molecular complexity index is 1910. The van der Waals surface area contributed by atoms with Gasteiger partial charge in [-0.2, -0.15) is 0 Å². The smallest absolute Gasteiger partial charge is 0.185 e. The van der Waals surface area contributed by atoms with Crippen molar-refractivity contribution in [3.05, 3.63) is 0 Å². The average molecular weight is 1090 g/mol. The van der Waals surface area contributed by atoms with Crippen molar-refractivity contribution in [3.8, 4) is 0 Å². The van der Waals surface area contributed by atoms with Crippen LogP contribution in [0.5, 0.6) is 0 Å². The van der Waals surface area contributed by atoms with Crippen molar-refractivity contribution in [3.63, 3.8) is 0 Å². The van der Waals surface area contributed by atoms with Crippen molar-refractivity contribution in [1.29, 1.82) is 0 Å². The van der Waals surface area contributed by atoms with Crippen LogP contribution in [0.2, 0.25) is 0 Å². The minimum absolute atomic E-state index is 0.0224. The third-order valence-electron chi connectivity index (χ3n) is 12.0. The second-order valence-corrected chi connectivity index (χ2v) is 18.7. The van der Waals surface area contributed by atoms with Crippen molar-refractivity contribution < 1.29 is 37.5 Å². The van der Waals surface area contributed by atoms with Crippen molar-refractivity contribution in [2.45, 2.75) is 151 Å². The van der Waals surface area contributed by atoms with Crippen LogP contribution in [-0.2, 0) is 28.8 Å². The van der Waals surface area contributed by atoms with Gasteiger partial charge in [0.25, 0.3) is 0 Å². The lowest BCUT2D eigenvalue weighted by atomic mass is 9.96. The molecule has 1 heterocycles. The third kappa shape index (κ3) is 34.5. The zero-order valence-corrected chi connectivity index (χ0v) is 44.0. The highest BCUT2D eigenvalue weighted by Gasteiger charge is 2.29. The maximum absolute atomic E-state index is 15.8. The molecule has 28 nitrogen and oxygen atoms in total. The molecule has 30 heteroatoms. The molecular weight excluding hydrogens is 995 g/mol. The van der Waals surface area contributed by atoms with Gasteiger partial charge in [0.15, 0.2) is 58.7 Å². The highest BCUT2D eigenvalue weighted by atomic mass is 19.1. The Morgan fingerprint density at radius 2 is 0.855 bits per heavy atom. The van der Waals surface area contributed by atoms with Crippen LogP contribution in [0.15, 0.2) is 25.0 Å². The number of carbonyl (C=O) groups excluding carboxylic acids is 6. The number of aliphatic imine (C=N–C) groups is 5. The van der Waals surface area contributed by atoms with Crippen LogP contribution in [0.1, 0.15) is 103 Å². The summed E-state index contributed by atoms with van der Waals surface area (Å²) in [5, 5.41) is 18.2. The Morgan fingerprint density at radius 1 is 0.461 bits per heavy atom. The SMILES string of the molecule is NC(N)=NCCC[C@@H]1NCN[C@@H](CCCN=C(N)N)C(=O)CN[C@@H](CCCN=C(N)N)C(=O)CC(F)CC(N)CN[C@@H](CCCN=C(N)N)C(=O)CC(=O)[C@H](CCCN=C(N)N)NCCCC(F)CC(=O)CNCC1=O. The van der Waals surface area contributed by atoms with E-state index in [2.05, 4.69) is 56.9 Å². The molecular formula is C46H90F2N22O6. The van der Waals surface area contributed by atoms with Crippen molar-refractivity contribution >= 4 is 64.5 Å². The van der Waals surface area contributed by atoms with E-state index in [1.807, 2.05) is 0 Å². The van der Waals surface area contributed by atoms with Gasteiger partial charge in [-0.15, -0.1) is 0 Å². The molecule has 3 unspecified atom stereocenters. The lowest BCUT2D eigenvalue weighted by Gasteiger charge is -2.24. The molecule has 1 rings (SSSR count). The van der Waals surface area contributed by atoms with Crippen LogP contribution >= 0.6 is 0 Å². The summed E-state index contributed by atoms with van der Waals surface area (Å²) in [5.74, 6) is -3.32. The predicted molar refractivity (Wildman–Crippen MR) is 292 cm³/mol. The number of nitrogens with one attached hydrogen (secondary N) is 6. The third-order valence-corrected chi connectivity index (χ3v) is 12.0. The number of Topliss-reactive ketones (excluding diaryl/α,β-unsaturated/α-hetero) is 6. The van der Waals surface area contributed by atoms with Gasteiger partial charge in [-0.25, -0.2) is 8.78 Å². The molecule has 0 aromatic heterocycles. The van der Waals surface area contributed by atoms with Crippen molar-refractivity contribution in [2.75, 3.05) is 72.1 Å². The summed E-state index contributed by atoms with van der Waals surface area (Å²) in [6.45, 7) is 0.147. The largest absolute Gasteiger partial charge is 0.370 e. The van der Waals surface area contributed by atoms with Crippen LogP contribution < -0.4 is 95.0 Å². The standard InChI is InChI=1S/C46H90F2N22O6/c47-28-7-1-13-61-32(8-2-14-62-42(50)51)38(73)22-39(74)34(10-4-16-64-44(54)55)67-23-30(49)19-29(48)21-37(72)33(9-3-15-63-43(52)53)68-26-41(76)36(12-6-18-66-46(58)59)70-27-69-35(11-5-17-65-45(56)57)40(75)25-60-24-31(71)20-28/h28-30,32-36,60-61,67-70H,1-27,49H2,(H4,50,51,62)(H4,52,53,63)(H4,54,55,64)(H4,56,57,65)(H4,58,59,66)/t28?,29?,30?,32-,33-,34-,35-,36-/m0/s1. The van der Waals surface area contributed by atoms with Gasteiger partial charge in [-0.05, 0) is 90.0 Å². The summed E-state index contributed by atoms with van der Waals surface area (Å²) in [5.41, 5.74) is 61.3.